The van der Waals surface area contributed by atoms with Gasteiger partial charge in [-0.1, -0.05) is 11.6 Å². The summed E-state index contributed by atoms with van der Waals surface area (Å²) in [5.74, 6) is 0.291. The lowest BCUT2D eigenvalue weighted by atomic mass is 9.85. The molecule has 2 fully saturated rings. The molecule has 0 unspecified atom stereocenters. The van der Waals surface area contributed by atoms with Crippen molar-refractivity contribution >= 4 is 36.4 Å². The van der Waals surface area contributed by atoms with E-state index in [0.717, 1.165) is 57.8 Å². The molecular formula is C16H24Cl3FN2O. The lowest BCUT2D eigenvalue weighted by molar-refractivity contribution is 0.0203. The van der Waals surface area contributed by atoms with Crippen molar-refractivity contribution in [2.75, 3.05) is 39.4 Å². The van der Waals surface area contributed by atoms with Crippen molar-refractivity contribution in [3.05, 3.63) is 34.6 Å². The Bertz CT molecular complexity index is 462. The summed E-state index contributed by atoms with van der Waals surface area (Å²) in [4.78, 5) is 2.40. The van der Waals surface area contributed by atoms with E-state index >= 15 is 0 Å². The first-order valence-electron chi connectivity index (χ1n) is 7.73. The summed E-state index contributed by atoms with van der Waals surface area (Å²) in [5, 5.41) is 3.97. The number of ether oxygens (including phenoxy) is 1. The molecule has 1 aromatic carbocycles. The highest BCUT2D eigenvalue weighted by molar-refractivity contribution is 6.30. The van der Waals surface area contributed by atoms with Crippen molar-refractivity contribution in [1.29, 1.82) is 0 Å². The Hall–Kier alpha value is -0.100. The van der Waals surface area contributed by atoms with E-state index < -0.39 is 0 Å². The molecule has 7 heteroatoms. The molecule has 0 aliphatic carbocycles. The maximum atomic E-state index is 14.4. The normalized spacial score (nSPS) is 21.1. The number of piperazine rings is 1. The smallest absolute Gasteiger partial charge is 0.128 e. The second-order valence-corrected chi connectivity index (χ2v) is 6.28. The average Bonchev–Trinajstić information content (AvgIpc) is 2.53. The predicted octanol–water partition coefficient (Wildman–Crippen LogP) is 3.70. The summed E-state index contributed by atoms with van der Waals surface area (Å²) in [7, 11) is 0. The molecule has 0 bridgehead atoms. The number of benzene rings is 1. The fourth-order valence-corrected chi connectivity index (χ4v) is 3.66. The molecule has 2 aliphatic heterocycles. The molecule has 3 rings (SSSR count). The van der Waals surface area contributed by atoms with Gasteiger partial charge in [0, 0.05) is 56.0 Å². The molecule has 0 saturated carbocycles. The Morgan fingerprint density at radius 2 is 1.83 bits per heavy atom. The molecule has 2 saturated heterocycles. The lowest BCUT2D eigenvalue weighted by Gasteiger charge is -2.41. The van der Waals surface area contributed by atoms with Gasteiger partial charge in [0.1, 0.15) is 5.82 Å². The molecule has 0 radical (unpaired) electrons. The van der Waals surface area contributed by atoms with E-state index in [0.29, 0.717) is 10.9 Å². The van der Waals surface area contributed by atoms with Crippen LogP contribution in [0, 0.1) is 11.7 Å². The maximum Gasteiger partial charge on any atom is 0.128 e. The molecule has 2 aliphatic rings. The summed E-state index contributed by atoms with van der Waals surface area (Å²) in [5.41, 5.74) is 0.747. The van der Waals surface area contributed by atoms with Gasteiger partial charge in [-0.15, -0.1) is 24.8 Å². The Labute approximate surface area is 154 Å². The molecule has 2 heterocycles. The zero-order valence-corrected chi connectivity index (χ0v) is 15.4. The van der Waals surface area contributed by atoms with Crippen LogP contribution in [-0.2, 0) is 4.74 Å². The van der Waals surface area contributed by atoms with Crippen LogP contribution in [0.4, 0.5) is 4.39 Å². The van der Waals surface area contributed by atoms with Gasteiger partial charge in [0.25, 0.3) is 0 Å². The summed E-state index contributed by atoms with van der Waals surface area (Å²) in [6.07, 6.45) is 1.97. The molecule has 0 amide bonds. The quantitative estimate of drug-likeness (QED) is 0.858. The van der Waals surface area contributed by atoms with E-state index in [-0.39, 0.29) is 36.7 Å². The molecular weight excluding hydrogens is 362 g/mol. The number of nitrogens with zero attached hydrogens (tertiary/aromatic N) is 1. The minimum atomic E-state index is -0.144. The van der Waals surface area contributed by atoms with Gasteiger partial charge in [-0.3, -0.25) is 4.90 Å². The highest BCUT2D eigenvalue weighted by Gasteiger charge is 2.33. The molecule has 23 heavy (non-hydrogen) atoms. The fourth-order valence-electron chi connectivity index (χ4n) is 3.48. The number of rotatable bonds is 3. The van der Waals surface area contributed by atoms with E-state index in [4.69, 9.17) is 16.3 Å². The zero-order chi connectivity index (χ0) is 14.7. The highest BCUT2D eigenvalue weighted by atomic mass is 35.5. The largest absolute Gasteiger partial charge is 0.381 e. The molecule has 1 atom stereocenters. The van der Waals surface area contributed by atoms with Gasteiger partial charge in [-0.05, 0) is 37.0 Å². The van der Waals surface area contributed by atoms with Gasteiger partial charge in [-0.25, -0.2) is 4.39 Å². The number of hydrogen-bond acceptors (Lipinski definition) is 3. The van der Waals surface area contributed by atoms with Crippen molar-refractivity contribution < 1.29 is 9.13 Å². The van der Waals surface area contributed by atoms with Crippen molar-refractivity contribution in [3.8, 4) is 0 Å². The Morgan fingerprint density at radius 1 is 1.17 bits per heavy atom. The first-order chi connectivity index (χ1) is 10.3. The highest BCUT2D eigenvalue weighted by Crippen LogP contribution is 2.37. The van der Waals surface area contributed by atoms with Crippen molar-refractivity contribution in [3.63, 3.8) is 0 Å². The number of hydrogen-bond donors (Lipinski definition) is 1. The van der Waals surface area contributed by atoms with Crippen LogP contribution in [0.25, 0.3) is 0 Å². The van der Waals surface area contributed by atoms with E-state index in [1.165, 1.54) is 6.07 Å². The van der Waals surface area contributed by atoms with Crippen LogP contribution in [0.5, 0.6) is 0 Å². The topological polar surface area (TPSA) is 24.5 Å². The number of nitrogens with one attached hydrogen (secondary N) is 1. The van der Waals surface area contributed by atoms with Crippen LogP contribution in [0.1, 0.15) is 24.4 Å². The fraction of sp³-hybridized carbons (Fsp3) is 0.625. The molecule has 3 nitrogen and oxygen atoms in total. The first kappa shape index (κ1) is 20.9. The van der Waals surface area contributed by atoms with Crippen molar-refractivity contribution in [2.24, 2.45) is 5.92 Å². The molecule has 1 N–H and O–H groups in total. The third-order valence-electron chi connectivity index (χ3n) is 4.53. The van der Waals surface area contributed by atoms with Gasteiger partial charge in [0.05, 0.1) is 0 Å². The first-order valence-corrected chi connectivity index (χ1v) is 8.11. The third-order valence-corrected chi connectivity index (χ3v) is 4.77. The summed E-state index contributed by atoms with van der Waals surface area (Å²) < 4.78 is 19.9. The minimum absolute atomic E-state index is 0. The average molecular weight is 386 g/mol. The molecule has 0 aromatic heterocycles. The van der Waals surface area contributed by atoms with Gasteiger partial charge < -0.3 is 10.1 Å². The molecule has 1 aromatic rings. The van der Waals surface area contributed by atoms with Crippen LogP contribution in [0.3, 0.4) is 0 Å². The summed E-state index contributed by atoms with van der Waals surface area (Å²) in [6, 6.07) is 5.03. The summed E-state index contributed by atoms with van der Waals surface area (Å²) >= 11 is 6.12. The van der Waals surface area contributed by atoms with E-state index in [2.05, 4.69) is 10.2 Å². The third kappa shape index (κ3) is 5.18. The Kier molecular flexibility index (Phi) is 9.12. The van der Waals surface area contributed by atoms with Crippen LogP contribution in [0.2, 0.25) is 5.02 Å². The van der Waals surface area contributed by atoms with E-state index in [1.54, 1.807) is 12.1 Å². The Balaban J connectivity index is 0.00000132. The maximum absolute atomic E-state index is 14.4. The van der Waals surface area contributed by atoms with Gasteiger partial charge in [0.15, 0.2) is 0 Å². The van der Waals surface area contributed by atoms with E-state index in [9.17, 15) is 4.39 Å². The monoisotopic (exact) mass is 384 g/mol. The van der Waals surface area contributed by atoms with Gasteiger partial charge in [0.2, 0.25) is 0 Å². The second kappa shape index (κ2) is 10.0. The van der Waals surface area contributed by atoms with Crippen LogP contribution >= 0.6 is 36.4 Å². The van der Waals surface area contributed by atoms with Gasteiger partial charge in [-0.2, -0.15) is 0 Å². The number of halogens is 4. The predicted molar refractivity (Wildman–Crippen MR) is 96.6 cm³/mol. The van der Waals surface area contributed by atoms with Crippen molar-refractivity contribution in [1.82, 2.24) is 10.2 Å². The second-order valence-electron chi connectivity index (χ2n) is 5.85. The minimum Gasteiger partial charge on any atom is -0.381 e. The zero-order valence-electron chi connectivity index (χ0n) is 13.0. The standard InChI is InChI=1S/C16H22ClFN2O.2ClH/c17-13-1-2-15(18)14(11-13)16(12-3-9-21-10-4-12)20-7-5-19-6-8-20;;/h1-2,11-12,16,19H,3-10H2;2*1H/t16-;;/m0../s1. The van der Waals surface area contributed by atoms with E-state index in [1.807, 2.05) is 0 Å². The Morgan fingerprint density at radius 3 is 2.48 bits per heavy atom. The summed E-state index contributed by atoms with van der Waals surface area (Å²) in [6.45, 7) is 5.37. The van der Waals surface area contributed by atoms with Crippen LogP contribution < -0.4 is 5.32 Å². The van der Waals surface area contributed by atoms with Crippen molar-refractivity contribution in [2.45, 2.75) is 18.9 Å². The SMILES string of the molecule is Cl.Cl.Fc1ccc(Cl)cc1[C@H](C1CCOCC1)N1CCNCC1. The lowest BCUT2D eigenvalue weighted by Crippen LogP contribution is -2.47. The van der Waals surface area contributed by atoms with Crippen LogP contribution in [-0.4, -0.2) is 44.3 Å². The van der Waals surface area contributed by atoms with Crippen LogP contribution in [0.15, 0.2) is 18.2 Å². The molecule has 132 valence electrons. The van der Waals surface area contributed by atoms with Gasteiger partial charge >= 0.3 is 0 Å². The molecule has 0 spiro atoms.